The first-order valence-electron chi connectivity index (χ1n) is 8.07. The van der Waals surface area contributed by atoms with Gasteiger partial charge in [0.2, 0.25) is 0 Å². The molecule has 1 amide bonds. The van der Waals surface area contributed by atoms with Crippen LogP contribution in [0.4, 0.5) is 5.00 Å². The standard InChI is InChI=1S/C18H15N5OS/c19-9-15-14-3-1-2-4-16(14)25-18(15)22-17(24)12-5-7-13(8-6-12)23-10-20-21-11-23/h5-8,10-11H,1-4H2,(H,22,24). The first kappa shape index (κ1) is 15.5. The van der Waals surface area contributed by atoms with Crippen LogP contribution in [0.5, 0.6) is 0 Å². The lowest BCUT2D eigenvalue weighted by Gasteiger charge is -2.09. The Morgan fingerprint density at radius 1 is 1.16 bits per heavy atom. The van der Waals surface area contributed by atoms with Crippen molar-refractivity contribution < 1.29 is 4.79 Å². The second-order valence-corrected chi connectivity index (χ2v) is 7.00. The summed E-state index contributed by atoms with van der Waals surface area (Å²) in [6.45, 7) is 0. The lowest BCUT2D eigenvalue weighted by Crippen LogP contribution is -2.12. The van der Waals surface area contributed by atoms with E-state index >= 15 is 0 Å². The highest BCUT2D eigenvalue weighted by Crippen LogP contribution is 2.37. The lowest BCUT2D eigenvalue weighted by atomic mass is 9.96. The zero-order valence-electron chi connectivity index (χ0n) is 13.4. The molecule has 0 bridgehead atoms. The average Bonchev–Trinajstić information content (AvgIpc) is 3.29. The van der Waals surface area contributed by atoms with Gasteiger partial charge < -0.3 is 5.32 Å². The van der Waals surface area contributed by atoms with Crippen molar-refractivity contribution in [1.82, 2.24) is 14.8 Å². The average molecular weight is 349 g/mol. The molecular formula is C18H15N5OS. The van der Waals surface area contributed by atoms with E-state index in [0.717, 1.165) is 36.9 Å². The summed E-state index contributed by atoms with van der Waals surface area (Å²) >= 11 is 1.54. The van der Waals surface area contributed by atoms with Crippen LogP contribution >= 0.6 is 11.3 Å². The number of nitriles is 1. The monoisotopic (exact) mass is 349 g/mol. The molecular weight excluding hydrogens is 334 g/mol. The fourth-order valence-corrected chi connectivity index (χ4v) is 4.30. The Balaban J connectivity index is 1.56. The second kappa shape index (κ2) is 6.49. The van der Waals surface area contributed by atoms with Gasteiger partial charge in [0.25, 0.3) is 5.91 Å². The van der Waals surface area contributed by atoms with Crippen LogP contribution in [0.1, 0.15) is 39.2 Å². The van der Waals surface area contributed by atoms with Crippen LogP contribution < -0.4 is 5.32 Å². The van der Waals surface area contributed by atoms with Crippen LogP contribution in [0.15, 0.2) is 36.9 Å². The Labute approximate surface area is 148 Å². The molecule has 4 rings (SSSR count). The van der Waals surface area contributed by atoms with Crippen LogP contribution in [0.25, 0.3) is 5.69 Å². The number of hydrogen-bond donors (Lipinski definition) is 1. The van der Waals surface area contributed by atoms with Gasteiger partial charge in [-0.25, -0.2) is 0 Å². The predicted molar refractivity (Wildman–Crippen MR) is 95.0 cm³/mol. The van der Waals surface area contributed by atoms with Crippen molar-refractivity contribution in [2.45, 2.75) is 25.7 Å². The number of carbonyl (C=O) groups is 1. The number of hydrogen-bond acceptors (Lipinski definition) is 5. The number of aromatic nitrogens is 3. The van der Waals surface area contributed by atoms with Gasteiger partial charge in [-0.3, -0.25) is 9.36 Å². The second-order valence-electron chi connectivity index (χ2n) is 5.90. The number of aryl methyl sites for hydroxylation is 1. The molecule has 6 nitrogen and oxygen atoms in total. The van der Waals surface area contributed by atoms with E-state index in [1.807, 2.05) is 12.1 Å². The fraction of sp³-hybridized carbons (Fsp3) is 0.222. The summed E-state index contributed by atoms with van der Waals surface area (Å²) in [5.41, 5.74) is 3.18. The molecule has 0 fully saturated rings. The van der Waals surface area contributed by atoms with Gasteiger partial charge in [0.05, 0.1) is 5.56 Å². The van der Waals surface area contributed by atoms with Gasteiger partial charge in [-0.15, -0.1) is 21.5 Å². The summed E-state index contributed by atoms with van der Waals surface area (Å²) in [5, 5.41) is 20.6. The van der Waals surface area contributed by atoms with Gasteiger partial charge in [-0.05, 0) is 55.5 Å². The van der Waals surface area contributed by atoms with E-state index in [-0.39, 0.29) is 5.91 Å². The number of benzene rings is 1. The van der Waals surface area contributed by atoms with Gasteiger partial charge in [0.15, 0.2) is 0 Å². The zero-order valence-corrected chi connectivity index (χ0v) is 14.2. The third kappa shape index (κ3) is 2.92. The molecule has 0 saturated carbocycles. The number of fused-ring (bicyclic) bond motifs is 1. The van der Waals surface area contributed by atoms with E-state index < -0.39 is 0 Å². The maximum atomic E-state index is 12.5. The molecule has 2 aromatic heterocycles. The van der Waals surface area contributed by atoms with Crippen molar-refractivity contribution >= 4 is 22.2 Å². The summed E-state index contributed by atoms with van der Waals surface area (Å²) < 4.78 is 1.77. The smallest absolute Gasteiger partial charge is 0.256 e. The van der Waals surface area contributed by atoms with E-state index in [2.05, 4.69) is 21.6 Å². The number of anilines is 1. The summed E-state index contributed by atoms with van der Waals surface area (Å²) in [7, 11) is 0. The molecule has 7 heteroatoms. The molecule has 0 radical (unpaired) electrons. The summed E-state index contributed by atoms with van der Waals surface area (Å²) in [5.74, 6) is -0.203. The van der Waals surface area contributed by atoms with Gasteiger partial charge in [0, 0.05) is 16.1 Å². The largest absolute Gasteiger partial charge is 0.312 e. The summed E-state index contributed by atoms with van der Waals surface area (Å²) in [4.78, 5) is 13.8. The molecule has 0 aliphatic heterocycles. The lowest BCUT2D eigenvalue weighted by molar-refractivity contribution is 0.102. The number of amides is 1. The fourth-order valence-electron chi connectivity index (χ4n) is 3.07. The van der Waals surface area contributed by atoms with Gasteiger partial charge in [0.1, 0.15) is 23.7 Å². The van der Waals surface area contributed by atoms with Crippen molar-refractivity contribution in [3.8, 4) is 11.8 Å². The highest BCUT2D eigenvalue weighted by molar-refractivity contribution is 7.16. The van der Waals surface area contributed by atoms with E-state index in [1.165, 1.54) is 16.2 Å². The molecule has 0 unspecified atom stereocenters. The number of rotatable bonds is 3. The molecule has 1 aliphatic carbocycles. The third-order valence-corrected chi connectivity index (χ3v) is 5.56. The first-order valence-corrected chi connectivity index (χ1v) is 8.89. The van der Waals surface area contributed by atoms with Crippen molar-refractivity contribution in [2.75, 3.05) is 5.32 Å². The molecule has 25 heavy (non-hydrogen) atoms. The van der Waals surface area contributed by atoms with Crippen LogP contribution in [0.2, 0.25) is 0 Å². The van der Waals surface area contributed by atoms with E-state index in [0.29, 0.717) is 16.1 Å². The quantitative estimate of drug-likeness (QED) is 0.786. The highest BCUT2D eigenvalue weighted by Gasteiger charge is 2.22. The summed E-state index contributed by atoms with van der Waals surface area (Å²) in [6.07, 6.45) is 7.39. The third-order valence-electron chi connectivity index (χ3n) is 4.36. The van der Waals surface area contributed by atoms with Crippen LogP contribution in [-0.4, -0.2) is 20.7 Å². The minimum Gasteiger partial charge on any atom is -0.312 e. The number of nitrogens with one attached hydrogen (secondary N) is 1. The van der Waals surface area contributed by atoms with Gasteiger partial charge in [-0.1, -0.05) is 0 Å². The highest BCUT2D eigenvalue weighted by atomic mass is 32.1. The minimum absolute atomic E-state index is 0.203. The predicted octanol–water partition coefficient (Wildman–Crippen LogP) is 3.33. The maximum absolute atomic E-state index is 12.5. The first-order chi connectivity index (χ1) is 12.3. The Bertz CT molecular complexity index is 951. The molecule has 2 heterocycles. The Morgan fingerprint density at radius 2 is 1.88 bits per heavy atom. The van der Waals surface area contributed by atoms with Crippen molar-refractivity contribution in [2.24, 2.45) is 0 Å². The molecule has 1 aromatic carbocycles. The molecule has 3 aromatic rings. The Morgan fingerprint density at radius 3 is 2.60 bits per heavy atom. The van der Waals surface area contributed by atoms with Crippen molar-refractivity contribution in [1.29, 1.82) is 5.26 Å². The molecule has 0 saturated heterocycles. The maximum Gasteiger partial charge on any atom is 0.256 e. The van der Waals surface area contributed by atoms with Crippen LogP contribution in [0, 0.1) is 11.3 Å². The van der Waals surface area contributed by atoms with E-state index in [4.69, 9.17) is 0 Å². The van der Waals surface area contributed by atoms with Crippen LogP contribution in [-0.2, 0) is 12.8 Å². The molecule has 1 N–H and O–H groups in total. The molecule has 0 atom stereocenters. The number of nitrogens with zero attached hydrogens (tertiary/aromatic N) is 4. The van der Waals surface area contributed by atoms with E-state index in [9.17, 15) is 10.1 Å². The van der Waals surface area contributed by atoms with E-state index in [1.54, 1.807) is 29.4 Å². The Kier molecular flexibility index (Phi) is 4.04. The molecule has 1 aliphatic rings. The summed E-state index contributed by atoms with van der Waals surface area (Å²) in [6, 6.07) is 9.45. The van der Waals surface area contributed by atoms with Crippen LogP contribution in [0.3, 0.4) is 0 Å². The normalized spacial score (nSPS) is 13.1. The molecule has 0 spiro atoms. The van der Waals surface area contributed by atoms with Gasteiger partial charge >= 0.3 is 0 Å². The Hall–Kier alpha value is -2.98. The number of thiophene rings is 1. The number of carbonyl (C=O) groups excluding carboxylic acids is 1. The topological polar surface area (TPSA) is 83.6 Å². The SMILES string of the molecule is N#Cc1c(NC(=O)c2ccc(-n3cnnc3)cc2)sc2c1CCCC2. The van der Waals surface area contributed by atoms with Crippen molar-refractivity contribution in [3.63, 3.8) is 0 Å². The van der Waals surface area contributed by atoms with Crippen molar-refractivity contribution in [3.05, 3.63) is 58.5 Å². The van der Waals surface area contributed by atoms with Gasteiger partial charge in [-0.2, -0.15) is 5.26 Å². The zero-order chi connectivity index (χ0) is 17.2. The molecule has 124 valence electrons. The minimum atomic E-state index is -0.203.